The molecule has 33 heavy (non-hydrogen) atoms. The highest BCUT2D eigenvalue weighted by molar-refractivity contribution is 6.03. The normalized spacial score (nSPS) is 12.3. The minimum absolute atomic E-state index is 0.0400. The molecule has 0 atom stereocenters. The average molecular weight is 442 g/mol. The second-order valence-corrected chi connectivity index (χ2v) is 8.21. The van der Waals surface area contributed by atoms with Crippen LogP contribution in [0.5, 0.6) is 5.75 Å². The molecule has 7 heteroatoms. The van der Waals surface area contributed by atoms with Crippen LogP contribution in [0.15, 0.2) is 60.9 Å². The van der Waals surface area contributed by atoms with E-state index >= 15 is 0 Å². The molecule has 1 aromatic heterocycles. The van der Waals surface area contributed by atoms with Gasteiger partial charge in [-0.2, -0.15) is 10.2 Å². The maximum absolute atomic E-state index is 14.5. The lowest BCUT2D eigenvalue weighted by Crippen LogP contribution is -2.21. The van der Waals surface area contributed by atoms with Crippen LogP contribution < -0.4 is 10.1 Å². The number of nitrogens with one attached hydrogen (secondary N) is 1. The first kappa shape index (κ1) is 20.9. The molecule has 1 aliphatic rings. The molecular weight excluding hydrogens is 419 g/mol. The van der Waals surface area contributed by atoms with Gasteiger partial charge in [-0.05, 0) is 41.5 Å². The topological polar surface area (TPSA) is 67.4 Å². The molecule has 5 rings (SSSR count). The molecule has 1 N–H and O–H groups in total. The summed E-state index contributed by atoms with van der Waals surface area (Å²) in [4.78, 5) is 13.8. The number of rotatable bonds is 5. The van der Waals surface area contributed by atoms with Gasteiger partial charge in [-0.15, -0.1) is 0 Å². The summed E-state index contributed by atoms with van der Waals surface area (Å²) in [7, 11) is 3.47. The van der Waals surface area contributed by atoms with E-state index in [1.165, 1.54) is 6.07 Å². The number of halogens is 1. The second kappa shape index (κ2) is 8.50. The predicted octanol–water partition coefficient (Wildman–Crippen LogP) is 4.68. The lowest BCUT2D eigenvalue weighted by Gasteiger charge is -2.15. The molecule has 6 nitrogen and oxygen atoms in total. The van der Waals surface area contributed by atoms with Gasteiger partial charge in [0.05, 0.1) is 19.0 Å². The fourth-order valence-electron chi connectivity index (χ4n) is 4.24. The third kappa shape index (κ3) is 3.86. The Bertz CT molecular complexity index is 1350. The number of amides is 1. The van der Waals surface area contributed by atoms with Crippen LogP contribution >= 0.6 is 0 Å². The van der Waals surface area contributed by atoms with Gasteiger partial charge in [0, 0.05) is 60.2 Å². The maximum atomic E-state index is 14.5. The van der Waals surface area contributed by atoms with Gasteiger partial charge in [0.1, 0.15) is 11.6 Å². The van der Waals surface area contributed by atoms with Crippen LogP contribution in [0.4, 0.5) is 10.1 Å². The Morgan fingerprint density at radius 3 is 2.55 bits per heavy atom. The molecule has 4 aromatic rings. The number of ether oxygens (including phenoxy) is 1. The van der Waals surface area contributed by atoms with E-state index in [9.17, 15) is 9.18 Å². The molecule has 0 spiro atoms. The van der Waals surface area contributed by atoms with Gasteiger partial charge in [-0.1, -0.05) is 18.2 Å². The molecule has 1 amide bonds. The number of hydrogen-bond donors (Lipinski definition) is 1. The van der Waals surface area contributed by atoms with Crippen LogP contribution in [0.3, 0.4) is 0 Å². The van der Waals surface area contributed by atoms with Crippen molar-refractivity contribution in [1.29, 1.82) is 0 Å². The monoisotopic (exact) mass is 442 g/mol. The van der Waals surface area contributed by atoms with Gasteiger partial charge >= 0.3 is 0 Å². The fraction of sp³-hybridized carbons (Fsp3) is 0.192. The largest absolute Gasteiger partial charge is 0.493 e. The lowest BCUT2D eigenvalue weighted by molar-refractivity contribution is 0.0827. The molecule has 3 aromatic carbocycles. The Morgan fingerprint density at radius 2 is 1.79 bits per heavy atom. The third-order valence-electron chi connectivity index (χ3n) is 5.97. The fourth-order valence-corrected chi connectivity index (χ4v) is 4.24. The summed E-state index contributed by atoms with van der Waals surface area (Å²) in [5.41, 5.74) is 4.99. The standard InChI is InChI=1S/C26H23FN4O2/c1-31(2)26(32)17-5-3-16(4-6-17)18-7-9-24(22-15-30-29-14-20(18)22)28-13-21-19-11-12-33-25(19)10-8-23(21)27/h3-10,14-15,28H,11-13H2,1-2H3. The summed E-state index contributed by atoms with van der Waals surface area (Å²) in [6.45, 7) is 0.925. The summed E-state index contributed by atoms with van der Waals surface area (Å²) < 4.78 is 20.1. The molecular formula is C26H23FN4O2. The number of anilines is 1. The highest BCUT2D eigenvalue weighted by Gasteiger charge is 2.19. The number of fused-ring (bicyclic) bond motifs is 2. The van der Waals surface area contributed by atoms with E-state index in [-0.39, 0.29) is 11.7 Å². The summed E-state index contributed by atoms with van der Waals surface area (Å²) >= 11 is 0. The van der Waals surface area contributed by atoms with Gasteiger partial charge < -0.3 is 15.0 Å². The second-order valence-electron chi connectivity index (χ2n) is 8.21. The first-order chi connectivity index (χ1) is 16.0. The first-order valence-electron chi connectivity index (χ1n) is 10.8. The smallest absolute Gasteiger partial charge is 0.253 e. The van der Waals surface area contributed by atoms with Crippen molar-refractivity contribution in [2.75, 3.05) is 26.0 Å². The molecule has 0 saturated carbocycles. The molecule has 0 radical (unpaired) electrons. The van der Waals surface area contributed by atoms with Gasteiger partial charge in [-0.3, -0.25) is 4.79 Å². The highest BCUT2D eigenvalue weighted by Crippen LogP contribution is 2.34. The van der Waals surface area contributed by atoms with Crippen molar-refractivity contribution >= 4 is 22.4 Å². The average Bonchev–Trinajstić information content (AvgIpc) is 3.32. The Morgan fingerprint density at radius 1 is 1.03 bits per heavy atom. The quantitative estimate of drug-likeness (QED) is 0.486. The van der Waals surface area contributed by atoms with Crippen LogP contribution in [0.1, 0.15) is 21.5 Å². The number of carbonyl (C=O) groups is 1. The van der Waals surface area contributed by atoms with Gasteiger partial charge in [0.25, 0.3) is 5.91 Å². The Labute approximate surface area is 191 Å². The Hall–Kier alpha value is -4.00. The molecule has 0 fully saturated rings. The predicted molar refractivity (Wildman–Crippen MR) is 126 cm³/mol. The van der Waals surface area contributed by atoms with Crippen LogP contribution in [0.25, 0.3) is 21.9 Å². The molecule has 0 aliphatic carbocycles. The van der Waals surface area contributed by atoms with Crippen molar-refractivity contribution in [1.82, 2.24) is 15.1 Å². The summed E-state index contributed by atoms with van der Waals surface area (Å²) in [6, 6.07) is 14.6. The number of benzene rings is 3. The number of hydrogen-bond acceptors (Lipinski definition) is 5. The Kier molecular flexibility index (Phi) is 5.38. The van der Waals surface area contributed by atoms with Crippen molar-refractivity contribution in [2.45, 2.75) is 13.0 Å². The zero-order valence-electron chi connectivity index (χ0n) is 18.4. The molecule has 2 heterocycles. The van der Waals surface area contributed by atoms with E-state index < -0.39 is 0 Å². The van der Waals surface area contributed by atoms with Crippen molar-refractivity contribution in [3.8, 4) is 16.9 Å². The van der Waals surface area contributed by atoms with Gasteiger partial charge in [0.15, 0.2) is 0 Å². The SMILES string of the molecule is CN(C)C(=O)c1ccc(-c2ccc(NCc3c(F)ccc4c3CCO4)c3cnncc23)cc1. The van der Waals surface area contributed by atoms with Gasteiger partial charge in [-0.25, -0.2) is 4.39 Å². The van der Waals surface area contributed by atoms with E-state index in [0.717, 1.165) is 38.9 Å². The minimum Gasteiger partial charge on any atom is -0.493 e. The molecule has 0 saturated heterocycles. The summed E-state index contributed by atoms with van der Waals surface area (Å²) in [6.07, 6.45) is 4.14. The third-order valence-corrected chi connectivity index (χ3v) is 5.97. The zero-order chi connectivity index (χ0) is 22.9. The molecule has 1 aliphatic heterocycles. The van der Waals surface area contributed by atoms with E-state index in [0.29, 0.717) is 30.7 Å². The maximum Gasteiger partial charge on any atom is 0.253 e. The van der Waals surface area contributed by atoms with Gasteiger partial charge in [0.2, 0.25) is 0 Å². The number of nitrogens with zero attached hydrogens (tertiary/aromatic N) is 3. The van der Waals surface area contributed by atoms with E-state index in [1.807, 2.05) is 36.4 Å². The van der Waals surface area contributed by atoms with E-state index in [2.05, 4.69) is 15.5 Å². The minimum atomic E-state index is -0.236. The van der Waals surface area contributed by atoms with Crippen molar-refractivity contribution in [3.05, 3.63) is 83.4 Å². The van der Waals surface area contributed by atoms with E-state index in [4.69, 9.17) is 4.74 Å². The van der Waals surface area contributed by atoms with E-state index in [1.54, 1.807) is 37.5 Å². The van der Waals surface area contributed by atoms with Crippen LogP contribution in [-0.2, 0) is 13.0 Å². The van der Waals surface area contributed by atoms with Crippen LogP contribution in [0.2, 0.25) is 0 Å². The van der Waals surface area contributed by atoms with Crippen molar-refractivity contribution in [3.63, 3.8) is 0 Å². The zero-order valence-corrected chi connectivity index (χ0v) is 18.4. The lowest BCUT2D eigenvalue weighted by atomic mass is 9.98. The summed E-state index contributed by atoms with van der Waals surface area (Å²) in [5.74, 6) is 0.483. The molecule has 166 valence electrons. The van der Waals surface area contributed by atoms with Crippen LogP contribution in [0, 0.1) is 5.82 Å². The van der Waals surface area contributed by atoms with Crippen molar-refractivity contribution < 1.29 is 13.9 Å². The number of carbonyl (C=O) groups excluding carboxylic acids is 1. The van der Waals surface area contributed by atoms with Crippen LogP contribution in [-0.4, -0.2) is 41.7 Å². The molecule has 0 bridgehead atoms. The first-order valence-corrected chi connectivity index (χ1v) is 10.8. The Balaban J connectivity index is 1.47. The molecule has 0 unspecified atom stereocenters. The highest BCUT2D eigenvalue weighted by atomic mass is 19.1. The number of aromatic nitrogens is 2. The summed E-state index contributed by atoms with van der Waals surface area (Å²) in [5, 5.41) is 13.3. The van der Waals surface area contributed by atoms with Crippen molar-refractivity contribution in [2.24, 2.45) is 0 Å².